The zero-order valence-corrected chi connectivity index (χ0v) is 9.90. The Morgan fingerprint density at radius 2 is 2.33 bits per heavy atom. The number of aromatic amines is 1. The Balaban J connectivity index is 2.17. The minimum Gasteiger partial charge on any atom is -0.361 e. The van der Waals surface area contributed by atoms with Crippen LogP contribution in [-0.2, 0) is 4.79 Å². The third-order valence-electron chi connectivity index (χ3n) is 2.56. The lowest BCUT2D eigenvalue weighted by molar-refractivity contribution is -0.120. The maximum Gasteiger partial charge on any atom is 0.254 e. The normalized spacial score (nSPS) is 11.2. The van der Waals surface area contributed by atoms with E-state index in [1.54, 1.807) is 13.0 Å². The molecule has 90 valence electrons. The maximum absolute atomic E-state index is 11.1. The van der Waals surface area contributed by atoms with Crippen LogP contribution >= 0.6 is 0 Å². The van der Waals surface area contributed by atoms with Crippen molar-refractivity contribution in [3.05, 3.63) is 36.0 Å². The lowest BCUT2D eigenvalue weighted by Gasteiger charge is -2.01. The van der Waals surface area contributed by atoms with E-state index in [9.17, 15) is 4.79 Å². The molecule has 5 nitrogen and oxygen atoms in total. The van der Waals surface area contributed by atoms with Crippen LogP contribution in [0, 0.1) is 11.3 Å². The van der Waals surface area contributed by atoms with Gasteiger partial charge < -0.3 is 4.98 Å². The summed E-state index contributed by atoms with van der Waals surface area (Å²) in [7, 11) is 0. The summed E-state index contributed by atoms with van der Waals surface area (Å²) in [6.07, 6.45) is 1.68. The summed E-state index contributed by atoms with van der Waals surface area (Å²) < 4.78 is 0. The molecule has 0 aliphatic heterocycles. The minimum absolute atomic E-state index is 0.188. The Bertz CT molecular complexity index is 648. The number of H-pyrrole nitrogens is 1. The number of nitrogens with one attached hydrogen (secondary N) is 2. The van der Waals surface area contributed by atoms with E-state index in [-0.39, 0.29) is 6.42 Å². The zero-order chi connectivity index (χ0) is 13.0. The summed E-state index contributed by atoms with van der Waals surface area (Å²) in [5.74, 6) is -0.405. The topological polar surface area (TPSA) is 81.0 Å². The molecule has 2 rings (SSSR count). The number of carbonyl (C=O) groups is 1. The fourth-order valence-corrected chi connectivity index (χ4v) is 1.59. The number of aromatic nitrogens is 1. The molecule has 2 aromatic rings. The van der Waals surface area contributed by atoms with Crippen LogP contribution in [0.5, 0.6) is 0 Å². The van der Waals surface area contributed by atoms with E-state index in [2.05, 4.69) is 15.5 Å². The molecule has 0 atom stereocenters. The van der Waals surface area contributed by atoms with Gasteiger partial charge in [-0.1, -0.05) is 12.1 Å². The van der Waals surface area contributed by atoms with E-state index >= 15 is 0 Å². The van der Waals surface area contributed by atoms with Crippen LogP contribution in [0.2, 0.25) is 0 Å². The van der Waals surface area contributed by atoms with Gasteiger partial charge >= 0.3 is 0 Å². The molecule has 0 saturated carbocycles. The molecule has 1 aromatic heterocycles. The fraction of sp³-hybridized carbons (Fsp3) is 0.154. The largest absolute Gasteiger partial charge is 0.361 e. The van der Waals surface area contributed by atoms with Gasteiger partial charge in [-0.3, -0.25) is 4.79 Å². The van der Waals surface area contributed by atoms with Crippen molar-refractivity contribution in [1.82, 2.24) is 10.4 Å². The lowest BCUT2D eigenvalue weighted by Crippen LogP contribution is -2.18. The van der Waals surface area contributed by atoms with Crippen LogP contribution in [0.25, 0.3) is 10.9 Å². The van der Waals surface area contributed by atoms with Crippen molar-refractivity contribution in [2.45, 2.75) is 13.3 Å². The number of fused-ring (bicyclic) bond motifs is 1. The zero-order valence-electron chi connectivity index (χ0n) is 9.90. The van der Waals surface area contributed by atoms with Crippen LogP contribution in [0.4, 0.5) is 0 Å². The second-order valence-electron chi connectivity index (χ2n) is 3.85. The summed E-state index contributed by atoms with van der Waals surface area (Å²) >= 11 is 0. The molecule has 5 heteroatoms. The summed E-state index contributed by atoms with van der Waals surface area (Å²) in [6, 6.07) is 9.63. The van der Waals surface area contributed by atoms with Crippen LogP contribution in [0.3, 0.4) is 0 Å². The molecular weight excluding hydrogens is 228 g/mol. The van der Waals surface area contributed by atoms with Gasteiger partial charge in [0.1, 0.15) is 6.42 Å². The monoisotopic (exact) mass is 240 g/mol. The number of rotatable bonds is 3. The van der Waals surface area contributed by atoms with Gasteiger partial charge in [0.2, 0.25) is 0 Å². The van der Waals surface area contributed by atoms with Crippen molar-refractivity contribution in [2.24, 2.45) is 5.10 Å². The van der Waals surface area contributed by atoms with E-state index in [4.69, 9.17) is 5.26 Å². The number of hydrogen-bond acceptors (Lipinski definition) is 3. The van der Waals surface area contributed by atoms with Gasteiger partial charge in [0.25, 0.3) is 5.91 Å². The van der Waals surface area contributed by atoms with Gasteiger partial charge in [-0.05, 0) is 30.0 Å². The van der Waals surface area contributed by atoms with Crippen molar-refractivity contribution in [3.8, 4) is 6.07 Å². The van der Waals surface area contributed by atoms with E-state index in [1.165, 1.54) is 0 Å². The van der Waals surface area contributed by atoms with Gasteiger partial charge in [-0.2, -0.15) is 10.4 Å². The Labute approximate surface area is 104 Å². The van der Waals surface area contributed by atoms with Crippen LogP contribution in [0.1, 0.15) is 18.9 Å². The van der Waals surface area contributed by atoms with E-state index in [0.717, 1.165) is 16.5 Å². The SMILES string of the molecule is CC(=NNC(=O)CC#N)c1ccc2cc[nH]c2c1. The highest BCUT2D eigenvalue weighted by Gasteiger charge is 2.02. The van der Waals surface area contributed by atoms with Crippen molar-refractivity contribution >= 4 is 22.5 Å². The molecule has 0 spiro atoms. The molecule has 0 fully saturated rings. The summed E-state index contributed by atoms with van der Waals surface area (Å²) in [5, 5.41) is 13.4. The van der Waals surface area contributed by atoms with Crippen LogP contribution in [-0.4, -0.2) is 16.6 Å². The molecule has 0 bridgehead atoms. The maximum atomic E-state index is 11.1. The molecular formula is C13H12N4O. The summed E-state index contributed by atoms with van der Waals surface area (Å²) in [6.45, 7) is 1.80. The number of nitriles is 1. The standard InChI is InChI=1S/C13H12N4O/c1-9(16-17-13(18)4-6-14)11-3-2-10-5-7-15-12(10)8-11/h2-3,5,7-8,15H,4H2,1H3,(H,17,18). The third-order valence-corrected chi connectivity index (χ3v) is 2.56. The molecule has 0 radical (unpaired) electrons. The quantitative estimate of drug-likeness (QED) is 0.634. The van der Waals surface area contributed by atoms with Gasteiger partial charge in [0.15, 0.2) is 0 Å². The first-order valence-corrected chi connectivity index (χ1v) is 5.48. The van der Waals surface area contributed by atoms with Gasteiger partial charge in [0, 0.05) is 11.7 Å². The lowest BCUT2D eigenvalue weighted by atomic mass is 10.1. The first-order valence-electron chi connectivity index (χ1n) is 5.48. The Kier molecular flexibility index (Phi) is 3.39. The van der Waals surface area contributed by atoms with E-state index in [0.29, 0.717) is 5.71 Å². The van der Waals surface area contributed by atoms with E-state index in [1.807, 2.05) is 30.5 Å². The third kappa shape index (κ3) is 2.55. The molecule has 2 N–H and O–H groups in total. The molecule has 18 heavy (non-hydrogen) atoms. The fourth-order valence-electron chi connectivity index (χ4n) is 1.59. The molecule has 0 saturated heterocycles. The van der Waals surface area contributed by atoms with Crippen LogP contribution < -0.4 is 5.43 Å². The van der Waals surface area contributed by atoms with Crippen molar-refractivity contribution in [1.29, 1.82) is 5.26 Å². The van der Waals surface area contributed by atoms with Crippen molar-refractivity contribution in [2.75, 3.05) is 0 Å². The Morgan fingerprint density at radius 1 is 1.50 bits per heavy atom. The number of carbonyl (C=O) groups excluding carboxylic acids is 1. The smallest absolute Gasteiger partial charge is 0.254 e. The highest BCUT2D eigenvalue weighted by molar-refractivity contribution is 6.01. The molecule has 0 aliphatic rings. The highest BCUT2D eigenvalue weighted by Crippen LogP contribution is 2.14. The number of hydrogen-bond donors (Lipinski definition) is 2. The Hall–Kier alpha value is -2.61. The second-order valence-corrected chi connectivity index (χ2v) is 3.85. The summed E-state index contributed by atoms with van der Waals surface area (Å²) in [4.78, 5) is 14.2. The molecule has 1 amide bonds. The predicted molar refractivity (Wildman–Crippen MR) is 68.9 cm³/mol. The van der Waals surface area contributed by atoms with E-state index < -0.39 is 5.91 Å². The minimum atomic E-state index is -0.405. The van der Waals surface area contributed by atoms with Crippen LogP contribution in [0.15, 0.2) is 35.6 Å². The number of amides is 1. The molecule has 0 aliphatic carbocycles. The number of hydrazone groups is 1. The second kappa shape index (κ2) is 5.15. The first kappa shape index (κ1) is 11.9. The molecule has 1 aromatic carbocycles. The Morgan fingerprint density at radius 3 is 3.11 bits per heavy atom. The molecule has 0 unspecified atom stereocenters. The predicted octanol–water partition coefficient (Wildman–Crippen LogP) is 1.92. The van der Waals surface area contributed by atoms with Crippen molar-refractivity contribution < 1.29 is 4.79 Å². The van der Waals surface area contributed by atoms with Gasteiger partial charge in [-0.15, -0.1) is 0 Å². The summed E-state index contributed by atoms with van der Waals surface area (Å²) in [5.41, 5.74) is 4.97. The number of benzene rings is 1. The first-order chi connectivity index (χ1) is 8.70. The average molecular weight is 240 g/mol. The number of nitrogens with zero attached hydrogens (tertiary/aromatic N) is 2. The molecule has 1 heterocycles. The average Bonchev–Trinajstić information content (AvgIpc) is 2.83. The van der Waals surface area contributed by atoms with Gasteiger partial charge in [-0.25, -0.2) is 5.43 Å². The van der Waals surface area contributed by atoms with Crippen molar-refractivity contribution in [3.63, 3.8) is 0 Å². The highest BCUT2D eigenvalue weighted by atomic mass is 16.2. The van der Waals surface area contributed by atoms with Gasteiger partial charge in [0.05, 0.1) is 11.8 Å².